The predicted molar refractivity (Wildman–Crippen MR) is 77.5 cm³/mol. The molecule has 1 N–H and O–H groups in total. The van der Waals surface area contributed by atoms with E-state index >= 15 is 0 Å². The summed E-state index contributed by atoms with van der Waals surface area (Å²) < 4.78 is 0. The lowest BCUT2D eigenvalue weighted by molar-refractivity contribution is 0.0911. The fourth-order valence-electron chi connectivity index (χ4n) is 2.09. The molecule has 2 nitrogen and oxygen atoms in total. The van der Waals surface area contributed by atoms with Crippen molar-refractivity contribution in [2.75, 3.05) is 5.88 Å². The van der Waals surface area contributed by atoms with Crippen LogP contribution in [-0.4, -0.2) is 17.3 Å². The highest BCUT2D eigenvalue weighted by molar-refractivity contribution is 6.18. The second-order valence-corrected chi connectivity index (χ2v) is 5.54. The number of aryl methyl sites for hydroxylation is 3. The van der Waals surface area contributed by atoms with Gasteiger partial charge in [-0.25, -0.2) is 0 Å². The summed E-state index contributed by atoms with van der Waals surface area (Å²) in [4.78, 5) is 12.4. The van der Waals surface area contributed by atoms with Crippen LogP contribution in [0, 0.1) is 20.8 Å². The van der Waals surface area contributed by atoms with Crippen LogP contribution in [0.5, 0.6) is 0 Å². The average molecular weight is 268 g/mol. The number of carbonyl (C=O) groups is 1. The van der Waals surface area contributed by atoms with E-state index in [1.165, 1.54) is 5.56 Å². The monoisotopic (exact) mass is 267 g/mol. The van der Waals surface area contributed by atoms with Gasteiger partial charge in [0, 0.05) is 11.4 Å². The van der Waals surface area contributed by atoms with Crippen molar-refractivity contribution in [3.63, 3.8) is 0 Å². The SMILES string of the molecule is CCC(C)(CCl)NC(=O)c1c(C)cc(C)cc1C. The Labute approximate surface area is 115 Å². The molecule has 1 rings (SSSR count). The van der Waals surface area contributed by atoms with Gasteiger partial charge in [0.15, 0.2) is 0 Å². The molecule has 1 aromatic carbocycles. The zero-order valence-corrected chi connectivity index (χ0v) is 12.6. The van der Waals surface area contributed by atoms with Crippen LogP contribution < -0.4 is 5.32 Å². The van der Waals surface area contributed by atoms with E-state index in [0.29, 0.717) is 5.88 Å². The second-order valence-electron chi connectivity index (χ2n) is 5.28. The number of rotatable bonds is 4. The lowest BCUT2D eigenvalue weighted by Crippen LogP contribution is -2.47. The van der Waals surface area contributed by atoms with Crippen molar-refractivity contribution >= 4 is 17.5 Å². The maximum absolute atomic E-state index is 12.4. The predicted octanol–water partition coefficient (Wildman–Crippen LogP) is 3.75. The van der Waals surface area contributed by atoms with E-state index in [1.807, 2.05) is 46.8 Å². The molecule has 1 amide bonds. The summed E-state index contributed by atoms with van der Waals surface area (Å²) in [5, 5.41) is 3.04. The molecular weight excluding hydrogens is 246 g/mol. The topological polar surface area (TPSA) is 29.1 Å². The highest BCUT2D eigenvalue weighted by Gasteiger charge is 2.25. The van der Waals surface area contributed by atoms with Crippen molar-refractivity contribution in [2.24, 2.45) is 0 Å². The molecule has 0 aliphatic carbocycles. The van der Waals surface area contributed by atoms with Gasteiger partial charge in [-0.3, -0.25) is 4.79 Å². The number of carbonyl (C=O) groups excluding carboxylic acids is 1. The van der Waals surface area contributed by atoms with Crippen LogP contribution in [-0.2, 0) is 0 Å². The van der Waals surface area contributed by atoms with Gasteiger partial charge in [-0.15, -0.1) is 11.6 Å². The maximum Gasteiger partial charge on any atom is 0.252 e. The van der Waals surface area contributed by atoms with Crippen molar-refractivity contribution in [2.45, 2.75) is 46.6 Å². The van der Waals surface area contributed by atoms with E-state index < -0.39 is 0 Å². The van der Waals surface area contributed by atoms with E-state index in [0.717, 1.165) is 23.1 Å². The van der Waals surface area contributed by atoms with Crippen LogP contribution in [0.3, 0.4) is 0 Å². The number of amides is 1. The van der Waals surface area contributed by atoms with Crippen molar-refractivity contribution in [3.05, 3.63) is 34.4 Å². The zero-order valence-electron chi connectivity index (χ0n) is 11.9. The fraction of sp³-hybridized carbons (Fsp3) is 0.533. The maximum atomic E-state index is 12.4. The Hall–Kier alpha value is -1.02. The van der Waals surface area contributed by atoms with Gasteiger partial charge in [0.2, 0.25) is 0 Å². The lowest BCUT2D eigenvalue weighted by Gasteiger charge is -2.28. The first-order chi connectivity index (χ1) is 8.33. The molecule has 0 spiro atoms. The van der Waals surface area contributed by atoms with Gasteiger partial charge in [-0.2, -0.15) is 0 Å². The normalized spacial score (nSPS) is 14.1. The fourth-order valence-corrected chi connectivity index (χ4v) is 2.35. The number of alkyl halides is 1. The first-order valence-electron chi connectivity index (χ1n) is 6.29. The van der Waals surface area contributed by atoms with Crippen molar-refractivity contribution < 1.29 is 4.79 Å². The molecule has 0 aliphatic rings. The molecule has 1 atom stereocenters. The Morgan fingerprint density at radius 3 is 2.17 bits per heavy atom. The van der Waals surface area contributed by atoms with Crippen LogP contribution in [0.4, 0.5) is 0 Å². The second kappa shape index (κ2) is 5.75. The number of nitrogens with one attached hydrogen (secondary N) is 1. The lowest BCUT2D eigenvalue weighted by atomic mass is 9.96. The molecule has 100 valence electrons. The number of hydrogen-bond acceptors (Lipinski definition) is 1. The molecule has 0 radical (unpaired) electrons. The first-order valence-corrected chi connectivity index (χ1v) is 6.82. The Kier molecular flexibility index (Phi) is 4.80. The third-order valence-corrected chi connectivity index (χ3v) is 3.98. The molecule has 0 bridgehead atoms. The van der Waals surface area contributed by atoms with Gasteiger partial charge >= 0.3 is 0 Å². The van der Waals surface area contributed by atoms with Gasteiger partial charge in [0.1, 0.15) is 0 Å². The van der Waals surface area contributed by atoms with Crippen LogP contribution >= 0.6 is 11.6 Å². The van der Waals surface area contributed by atoms with Gasteiger partial charge < -0.3 is 5.32 Å². The summed E-state index contributed by atoms with van der Waals surface area (Å²) in [6.07, 6.45) is 0.812. The van der Waals surface area contributed by atoms with E-state index in [1.54, 1.807) is 0 Å². The van der Waals surface area contributed by atoms with Gasteiger partial charge in [-0.1, -0.05) is 24.6 Å². The Bertz CT molecular complexity index is 427. The van der Waals surface area contributed by atoms with Crippen LogP contribution in [0.2, 0.25) is 0 Å². The van der Waals surface area contributed by atoms with Crippen molar-refractivity contribution in [1.29, 1.82) is 0 Å². The van der Waals surface area contributed by atoms with Crippen molar-refractivity contribution in [1.82, 2.24) is 5.32 Å². The smallest absolute Gasteiger partial charge is 0.252 e. The molecule has 1 unspecified atom stereocenters. The van der Waals surface area contributed by atoms with E-state index in [-0.39, 0.29) is 11.4 Å². The van der Waals surface area contributed by atoms with E-state index in [9.17, 15) is 4.79 Å². The Morgan fingerprint density at radius 2 is 1.78 bits per heavy atom. The molecule has 0 heterocycles. The summed E-state index contributed by atoms with van der Waals surface area (Å²) in [5.74, 6) is 0.383. The summed E-state index contributed by atoms with van der Waals surface area (Å²) in [5.41, 5.74) is 3.63. The van der Waals surface area contributed by atoms with Gasteiger partial charge in [0.25, 0.3) is 5.91 Å². The van der Waals surface area contributed by atoms with Gasteiger partial charge in [-0.05, 0) is 45.2 Å². The molecule has 0 fully saturated rings. The molecular formula is C15H22ClNO. The summed E-state index contributed by atoms with van der Waals surface area (Å²) >= 11 is 5.93. The van der Waals surface area contributed by atoms with Crippen LogP contribution in [0.15, 0.2) is 12.1 Å². The summed E-state index contributed by atoms with van der Waals surface area (Å²) in [7, 11) is 0. The van der Waals surface area contributed by atoms with Crippen molar-refractivity contribution in [3.8, 4) is 0 Å². The van der Waals surface area contributed by atoms with Crippen LogP contribution in [0.25, 0.3) is 0 Å². The number of hydrogen-bond donors (Lipinski definition) is 1. The number of halogens is 1. The molecule has 1 aromatic rings. The quantitative estimate of drug-likeness (QED) is 0.827. The Morgan fingerprint density at radius 1 is 1.28 bits per heavy atom. The zero-order chi connectivity index (χ0) is 13.9. The minimum atomic E-state index is -0.345. The largest absolute Gasteiger partial charge is 0.346 e. The molecule has 3 heteroatoms. The minimum absolute atomic E-state index is 0.0324. The molecule has 0 saturated carbocycles. The average Bonchev–Trinajstić information content (AvgIpc) is 2.27. The summed E-state index contributed by atoms with van der Waals surface area (Å²) in [6, 6.07) is 4.07. The molecule has 0 aliphatic heterocycles. The highest BCUT2D eigenvalue weighted by Crippen LogP contribution is 2.19. The van der Waals surface area contributed by atoms with Gasteiger partial charge in [0.05, 0.1) is 5.54 Å². The summed E-state index contributed by atoms with van der Waals surface area (Å²) in [6.45, 7) is 9.97. The van der Waals surface area contributed by atoms with E-state index in [4.69, 9.17) is 11.6 Å². The molecule has 18 heavy (non-hydrogen) atoms. The standard InChI is InChI=1S/C15H22ClNO/c1-6-15(5,9-16)17-14(18)13-11(3)7-10(2)8-12(13)4/h7-8H,6,9H2,1-5H3,(H,17,18). The van der Waals surface area contributed by atoms with E-state index in [2.05, 4.69) is 5.32 Å². The first kappa shape index (κ1) is 15.0. The minimum Gasteiger partial charge on any atom is -0.346 e. The highest BCUT2D eigenvalue weighted by atomic mass is 35.5. The number of benzene rings is 1. The van der Waals surface area contributed by atoms with Crippen LogP contribution in [0.1, 0.15) is 47.3 Å². The molecule has 0 saturated heterocycles. The third-order valence-electron chi connectivity index (χ3n) is 3.39. The third kappa shape index (κ3) is 3.26. The molecule has 0 aromatic heterocycles. The Balaban J connectivity index is 3.05.